The Labute approximate surface area is 872 Å². The number of hydrogen-bond donors (Lipinski definition) is 3. The largest absolute Gasteiger partial charge is 0.495 e. The number of aromatic nitrogens is 4. The molecular weight excluding hydrogens is 1840 g/mol. The summed E-state index contributed by atoms with van der Waals surface area (Å²) in [6, 6.07) is 39.4. The summed E-state index contributed by atoms with van der Waals surface area (Å²) in [6.45, 7) is 24.8. The van der Waals surface area contributed by atoms with Gasteiger partial charge in [-0.3, -0.25) is 53.0 Å². The summed E-state index contributed by atoms with van der Waals surface area (Å²) in [4.78, 5) is 151. The van der Waals surface area contributed by atoms with Crippen LogP contribution < -0.4 is 36.5 Å². The standard InChI is InChI=1S/C56H79N5O8.C44H67N3O5.C12H14N2O3.C6H15N.CH4/c1-5-8-10-12-14-16-18-19-21-23-25-32-40-69-55(65)44-37-38-48(67-4)47(41-44)58-51(62)49(61-53(64)54(68-7-3)60(56(61)66)42-43-33-27-26-28-34-43)50-57-46-36-30-29-35-45(46)52(63)59(50)39-31-24-22-20-17-15-13-11-9-6-2;1-4-6-8-10-12-14-16-17-19-21-23-27-33-52-44(50)36-30-31-40(51-3)39(34-36)46-42(48)35-41-45-38-29-25-24-28-37(38)43(49)47(41)32-26-22-20-18-15-13-11-9-7-5-2;1-2-17-11-10(15)13-12(16)14(11)8-9-6-4-3-5-7-9;1-4-7(5-2)6-3;/h26-30,33-38,41,49,54H,5-25,31-32,39-40,42H2,1-4H3,(H,58,62);24-25,28-31,34H,4-23,26-27,32-33,35H2,1-3H3,(H,46,48);3-7,11H,2,8H2,1H3,(H,13,15,16);4-6H2,1-3H3;1H4. The molecule has 2 saturated heterocycles. The zero-order valence-corrected chi connectivity index (χ0v) is 89.8. The van der Waals surface area contributed by atoms with Gasteiger partial charge in [-0.25, -0.2) is 34.0 Å². The molecule has 3 unspecified atom stereocenters. The maximum absolute atomic E-state index is 15.2. The molecule has 6 aromatic carbocycles. The quantitative estimate of drug-likeness (QED) is 0.0181. The highest BCUT2D eigenvalue weighted by Gasteiger charge is 2.53. The lowest BCUT2D eigenvalue weighted by molar-refractivity contribution is -0.145. The summed E-state index contributed by atoms with van der Waals surface area (Å²) in [7, 11) is 2.95. The molecule has 4 heterocycles. The van der Waals surface area contributed by atoms with E-state index in [2.05, 4.69) is 69.3 Å². The van der Waals surface area contributed by atoms with Gasteiger partial charge < -0.3 is 44.0 Å². The van der Waals surface area contributed by atoms with Crippen molar-refractivity contribution in [3.05, 3.63) is 200 Å². The normalized spacial score (nSPS) is 13.5. The fourth-order valence-electron chi connectivity index (χ4n) is 18.3. The van der Waals surface area contributed by atoms with Crippen LogP contribution in [0.4, 0.5) is 21.0 Å². The van der Waals surface area contributed by atoms with E-state index in [4.69, 9.17) is 38.4 Å². The number of esters is 2. The highest BCUT2D eigenvalue weighted by Crippen LogP contribution is 2.36. The molecule has 806 valence electrons. The third-order valence-corrected chi connectivity index (χ3v) is 26.8. The van der Waals surface area contributed by atoms with Crippen LogP contribution in [-0.4, -0.2) is 159 Å². The Morgan fingerprint density at radius 1 is 0.397 bits per heavy atom. The number of methoxy groups -OCH3 is 2. The van der Waals surface area contributed by atoms with E-state index in [9.17, 15) is 43.2 Å². The molecule has 0 saturated carbocycles. The molecule has 0 aliphatic carbocycles. The topological polar surface area (TPSA) is 311 Å². The number of nitrogens with one attached hydrogen (secondary N) is 3. The van der Waals surface area contributed by atoms with Gasteiger partial charge in [-0.2, -0.15) is 0 Å². The minimum Gasteiger partial charge on any atom is -0.495 e. The van der Waals surface area contributed by atoms with Gasteiger partial charge in [0, 0.05) is 26.3 Å². The van der Waals surface area contributed by atoms with E-state index in [0.717, 1.165) is 99.5 Å². The van der Waals surface area contributed by atoms with E-state index >= 15 is 4.79 Å². The molecule has 27 nitrogen and oxygen atoms in total. The lowest BCUT2D eigenvalue weighted by atomic mass is 10.1. The van der Waals surface area contributed by atoms with E-state index in [-0.39, 0.29) is 80.0 Å². The van der Waals surface area contributed by atoms with Crippen molar-refractivity contribution in [3.63, 3.8) is 0 Å². The van der Waals surface area contributed by atoms with E-state index < -0.39 is 60.2 Å². The van der Waals surface area contributed by atoms with Gasteiger partial charge in [0.1, 0.15) is 23.1 Å². The van der Waals surface area contributed by atoms with Crippen molar-refractivity contribution in [2.75, 3.05) is 70.9 Å². The average molecular weight is 2020 g/mol. The van der Waals surface area contributed by atoms with E-state index in [1.165, 1.54) is 247 Å². The van der Waals surface area contributed by atoms with Crippen LogP contribution in [0, 0.1) is 0 Å². The lowest BCUT2D eigenvalue weighted by Crippen LogP contribution is -2.45. The lowest BCUT2D eigenvalue weighted by Gasteiger charge is -2.27. The molecule has 0 radical (unpaired) electrons. The number of hydrogen-bond acceptors (Lipinski definition) is 19. The van der Waals surface area contributed by atoms with Crippen LogP contribution in [0.5, 0.6) is 11.5 Å². The summed E-state index contributed by atoms with van der Waals surface area (Å²) in [5.41, 5.74) is 3.09. The van der Waals surface area contributed by atoms with Gasteiger partial charge in [0.25, 0.3) is 28.8 Å². The van der Waals surface area contributed by atoms with Crippen LogP contribution in [0.1, 0.15) is 402 Å². The number of amides is 8. The zero-order chi connectivity index (χ0) is 104. The molecule has 2 aliphatic rings. The van der Waals surface area contributed by atoms with E-state index in [1.807, 2.05) is 72.8 Å². The number of benzene rings is 6. The highest BCUT2D eigenvalue weighted by atomic mass is 16.5. The third kappa shape index (κ3) is 43.3. The van der Waals surface area contributed by atoms with Crippen LogP contribution in [-0.2, 0) is 70.7 Å². The summed E-state index contributed by atoms with van der Waals surface area (Å²) >= 11 is 0. The van der Waals surface area contributed by atoms with Crippen molar-refractivity contribution in [3.8, 4) is 11.5 Å². The van der Waals surface area contributed by atoms with Crippen LogP contribution in [0.3, 0.4) is 0 Å². The van der Waals surface area contributed by atoms with Gasteiger partial charge in [0.2, 0.25) is 18.4 Å². The first-order chi connectivity index (χ1) is 70.8. The Morgan fingerprint density at radius 3 is 1.15 bits per heavy atom. The minimum absolute atomic E-state index is 0. The number of anilines is 2. The third-order valence-electron chi connectivity index (χ3n) is 26.8. The molecule has 3 atom stereocenters. The number of para-hydroxylation sites is 2. The van der Waals surface area contributed by atoms with Crippen molar-refractivity contribution < 1.29 is 66.8 Å². The maximum atomic E-state index is 15.2. The number of unbranched alkanes of at least 4 members (excludes halogenated alkanes) is 40. The predicted molar refractivity (Wildman–Crippen MR) is 589 cm³/mol. The monoisotopic (exact) mass is 2020 g/mol. The molecule has 2 aliphatic heterocycles. The fraction of sp³-hybridized carbons (Fsp3) is 0.597. The molecule has 2 aromatic heterocycles. The molecule has 0 bridgehead atoms. The first-order valence-electron chi connectivity index (χ1n) is 55.4. The van der Waals surface area contributed by atoms with Crippen LogP contribution in [0.15, 0.2) is 155 Å². The van der Waals surface area contributed by atoms with Crippen LogP contribution in [0.25, 0.3) is 21.8 Å². The zero-order valence-electron chi connectivity index (χ0n) is 89.8. The summed E-state index contributed by atoms with van der Waals surface area (Å²) in [5.74, 6) is -2.33. The number of fused-ring (bicyclic) bond motifs is 2. The fourth-order valence-corrected chi connectivity index (χ4v) is 18.3. The van der Waals surface area contributed by atoms with Gasteiger partial charge in [-0.05, 0) is 131 Å². The van der Waals surface area contributed by atoms with Crippen molar-refractivity contribution in [2.45, 2.75) is 403 Å². The van der Waals surface area contributed by atoms with Gasteiger partial charge in [-0.15, -0.1) is 0 Å². The first-order valence-corrected chi connectivity index (χ1v) is 55.4. The minimum atomic E-state index is -1.74. The Kier molecular flexibility index (Phi) is 62.5. The highest BCUT2D eigenvalue weighted by molar-refractivity contribution is 6.09. The van der Waals surface area contributed by atoms with Crippen molar-refractivity contribution in [1.82, 2.24) is 44.0 Å². The molecule has 146 heavy (non-hydrogen) atoms. The van der Waals surface area contributed by atoms with Crippen molar-refractivity contribution in [2.24, 2.45) is 0 Å². The Bertz CT molecular complexity index is 5200. The maximum Gasteiger partial charge on any atom is 0.338 e. The number of ether oxygens (including phenoxy) is 6. The average Bonchev–Trinajstić information content (AvgIpc) is 1.55. The number of carbonyl (C=O) groups excluding carboxylic acids is 8. The van der Waals surface area contributed by atoms with Crippen LogP contribution >= 0.6 is 0 Å². The van der Waals surface area contributed by atoms with Crippen LogP contribution in [0.2, 0.25) is 0 Å². The molecular formula is C119H179N11O16. The number of carbonyl (C=O) groups is 8. The number of nitrogens with zero attached hydrogens (tertiary/aromatic N) is 8. The SMILES string of the molecule is C.CCCCCCCCCCCCCCOC(=O)c1ccc(OC)c(NC(=O)C(c2nc3ccccc3c(=O)n2CCCCCCCCCCCC)N2C(=O)C(OCC)N(Cc3ccccc3)C2=O)c1.CCCCCCCCCCCCCCOC(=O)c1ccc(OC)c(NC(=O)Cc2nc3ccccc3c(=O)n2CCCCCCCCCCCC)c1.CCN(CC)CC.CCOC1C(=O)NC(=O)N1Cc1ccccc1. The Hall–Kier alpha value is -11.2. The van der Waals surface area contributed by atoms with E-state index in [0.29, 0.717) is 77.4 Å². The molecule has 3 N–H and O–H groups in total. The second kappa shape index (κ2) is 73.8. The predicted octanol–water partition coefficient (Wildman–Crippen LogP) is 27.1. The van der Waals surface area contributed by atoms with Crippen molar-refractivity contribution >= 4 is 80.8 Å². The number of imide groups is 2. The summed E-state index contributed by atoms with van der Waals surface area (Å²) in [5, 5.41) is 8.92. The van der Waals surface area contributed by atoms with E-state index in [1.54, 1.807) is 85.1 Å². The van der Waals surface area contributed by atoms with Crippen molar-refractivity contribution in [1.29, 1.82) is 0 Å². The molecule has 8 amide bonds. The summed E-state index contributed by atoms with van der Waals surface area (Å²) in [6.07, 6.45) is 49.8. The molecule has 8 aromatic rings. The van der Waals surface area contributed by atoms with Gasteiger partial charge in [0.15, 0.2) is 6.04 Å². The van der Waals surface area contributed by atoms with Gasteiger partial charge in [-0.1, -0.05) is 398 Å². The summed E-state index contributed by atoms with van der Waals surface area (Å²) < 4.78 is 36.7. The van der Waals surface area contributed by atoms with Gasteiger partial charge >= 0.3 is 24.0 Å². The second-order valence-electron chi connectivity index (χ2n) is 38.1. The van der Waals surface area contributed by atoms with Gasteiger partial charge in [0.05, 0.1) is 91.3 Å². The molecule has 27 heteroatoms. The Balaban J connectivity index is 0.000000368. The smallest absolute Gasteiger partial charge is 0.338 e. The molecule has 2 fully saturated rings. The molecule has 10 rings (SSSR count). The number of rotatable bonds is 70. The molecule has 0 spiro atoms. The Morgan fingerprint density at radius 2 is 0.753 bits per heavy atom. The number of urea groups is 2. The second-order valence-corrected chi connectivity index (χ2v) is 38.1. The first kappa shape index (κ1) is 124.